The van der Waals surface area contributed by atoms with Crippen LogP contribution in [0.4, 0.5) is 4.79 Å². The van der Waals surface area contributed by atoms with Gasteiger partial charge < -0.3 is 20.2 Å². The Hall–Kier alpha value is -1.53. The second-order valence-electron chi connectivity index (χ2n) is 6.34. The number of carbonyl (C=O) groups excluding carboxylic acids is 1. The summed E-state index contributed by atoms with van der Waals surface area (Å²) in [5.41, 5.74) is -0.739. The zero-order valence-electron chi connectivity index (χ0n) is 13.5. The van der Waals surface area contributed by atoms with E-state index in [0.29, 0.717) is 13.1 Å². The molecule has 0 bridgehead atoms. The van der Waals surface area contributed by atoms with Gasteiger partial charge in [-0.05, 0) is 39.1 Å². The molecule has 0 spiro atoms. The van der Waals surface area contributed by atoms with Crippen LogP contribution in [0, 0.1) is 0 Å². The lowest BCUT2D eigenvalue weighted by Gasteiger charge is -2.32. The van der Waals surface area contributed by atoms with Crippen molar-refractivity contribution in [2.24, 2.45) is 0 Å². The second kappa shape index (κ2) is 7.65. The number of rotatable bonds is 6. The largest absolute Gasteiger partial charge is 0.468 e. The van der Waals surface area contributed by atoms with Gasteiger partial charge in [0.2, 0.25) is 0 Å². The lowest BCUT2D eigenvalue weighted by Crippen LogP contribution is -2.48. The van der Waals surface area contributed by atoms with Crippen molar-refractivity contribution in [2.75, 3.05) is 27.2 Å². The van der Waals surface area contributed by atoms with E-state index in [2.05, 4.69) is 10.6 Å². The smallest absolute Gasteiger partial charge is 0.314 e. The number of aliphatic hydroxyl groups is 1. The molecule has 22 heavy (non-hydrogen) atoms. The standard InChI is InChI=1S/C16H27N3O3/c1-19(2)13(14-7-6-10-22-14)11-17-15(20)18-12-16(21)8-4-3-5-9-16/h6-7,10,13,21H,3-5,8-9,11-12H2,1-2H3,(H2,17,18,20). The van der Waals surface area contributed by atoms with Crippen LogP contribution in [0.1, 0.15) is 43.9 Å². The van der Waals surface area contributed by atoms with Gasteiger partial charge in [-0.2, -0.15) is 0 Å². The molecule has 1 aromatic heterocycles. The Morgan fingerprint density at radius 3 is 2.68 bits per heavy atom. The van der Waals surface area contributed by atoms with E-state index in [9.17, 15) is 9.90 Å². The molecule has 1 fully saturated rings. The molecule has 1 aliphatic carbocycles. The van der Waals surface area contributed by atoms with Crippen LogP contribution in [0.25, 0.3) is 0 Å². The van der Waals surface area contributed by atoms with E-state index in [-0.39, 0.29) is 12.1 Å². The molecule has 0 radical (unpaired) electrons. The van der Waals surface area contributed by atoms with Crippen LogP contribution in [-0.4, -0.2) is 48.8 Å². The number of hydrogen-bond donors (Lipinski definition) is 3. The summed E-state index contributed by atoms with van der Waals surface area (Å²) in [6.45, 7) is 0.761. The third kappa shape index (κ3) is 4.74. The van der Waals surface area contributed by atoms with Gasteiger partial charge in [0.1, 0.15) is 5.76 Å². The zero-order chi connectivity index (χ0) is 16.0. The highest BCUT2D eigenvalue weighted by Crippen LogP contribution is 2.27. The van der Waals surface area contributed by atoms with Gasteiger partial charge in [-0.25, -0.2) is 4.79 Å². The molecule has 6 nitrogen and oxygen atoms in total. The molecular weight excluding hydrogens is 282 g/mol. The Bertz CT molecular complexity index is 453. The second-order valence-corrected chi connectivity index (χ2v) is 6.34. The average Bonchev–Trinajstić information content (AvgIpc) is 3.00. The Morgan fingerprint density at radius 1 is 1.36 bits per heavy atom. The first-order valence-corrected chi connectivity index (χ1v) is 7.94. The van der Waals surface area contributed by atoms with Crippen molar-refractivity contribution < 1.29 is 14.3 Å². The SMILES string of the molecule is CN(C)C(CNC(=O)NCC1(O)CCCCC1)c1ccco1. The fraction of sp³-hybridized carbons (Fsp3) is 0.688. The summed E-state index contributed by atoms with van der Waals surface area (Å²) in [5.74, 6) is 0.816. The van der Waals surface area contributed by atoms with Crippen LogP contribution in [0.3, 0.4) is 0 Å². The van der Waals surface area contributed by atoms with Crippen LogP contribution < -0.4 is 10.6 Å². The number of nitrogens with one attached hydrogen (secondary N) is 2. The lowest BCUT2D eigenvalue weighted by atomic mass is 9.85. The first kappa shape index (κ1) is 16.8. The minimum atomic E-state index is -0.739. The molecule has 1 aromatic rings. The maximum absolute atomic E-state index is 11.9. The van der Waals surface area contributed by atoms with Gasteiger partial charge in [-0.15, -0.1) is 0 Å². The van der Waals surface area contributed by atoms with Gasteiger partial charge in [0, 0.05) is 13.1 Å². The summed E-state index contributed by atoms with van der Waals surface area (Å²) in [7, 11) is 3.88. The van der Waals surface area contributed by atoms with Crippen molar-refractivity contribution in [3.05, 3.63) is 24.2 Å². The van der Waals surface area contributed by atoms with Crippen molar-refractivity contribution in [2.45, 2.75) is 43.7 Å². The highest BCUT2D eigenvalue weighted by Gasteiger charge is 2.29. The molecule has 124 valence electrons. The summed E-state index contributed by atoms with van der Waals surface area (Å²) in [6.07, 6.45) is 6.38. The highest BCUT2D eigenvalue weighted by molar-refractivity contribution is 5.73. The van der Waals surface area contributed by atoms with Gasteiger partial charge in [0.15, 0.2) is 0 Å². The number of furan rings is 1. The van der Waals surface area contributed by atoms with Crippen molar-refractivity contribution in [1.29, 1.82) is 0 Å². The van der Waals surface area contributed by atoms with E-state index in [1.165, 1.54) is 6.42 Å². The highest BCUT2D eigenvalue weighted by atomic mass is 16.3. The van der Waals surface area contributed by atoms with E-state index in [4.69, 9.17) is 4.42 Å². The van der Waals surface area contributed by atoms with Crippen LogP contribution in [0.2, 0.25) is 0 Å². The number of likely N-dealkylation sites (N-methyl/N-ethyl adjacent to an activating group) is 1. The molecular formula is C16H27N3O3. The number of carbonyl (C=O) groups is 1. The first-order chi connectivity index (χ1) is 10.5. The van der Waals surface area contributed by atoms with Crippen molar-refractivity contribution >= 4 is 6.03 Å². The molecule has 3 N–H and O–H groups in total. The summed E-state index contributed by atoms with van der Waals surface area (Å²) < 4.78 is 5.41. The minimum Gasteiger partial charge on any atom is -0.468 e. The van der Waals surface area contributed by atoms with Crippen LogP contribution in [0.15, 0.2) is 22.8 Å². The zero-order valence-corrected chi connectivity index (χ0v) is 13.5. The van der Waals surface area contributed by atoms with Crippen LogP contribution in [-0.2, 0) is 0 Å². The Morgan fingerprint density at radius 2 is 2.09 bits per heavy atom. The topological polar surface area (TPSA) is 77.7 Å². The normalized spacial score (nSPS) is 18.9. The number of amides is 2. The summed E-state index contributed by atoms with van der Waals surface area (Å²) in [5, 5.41) is 16.0. The Labute approximate surface area is 131 Å². The summed E-state index contributed by atoms with van der Waals surface area (Å²) in [6, 6.07) is 3.47. The maximum Gasteiger partial charge on any atom is 0.314 e. The van der Waals surface area contributed by atoms with Gasteiger partial charge in [-0.1, -0.05) is 19.3 Å². The summed E-state index contributed by atoms with van der Waals surface area (Å²) >= 11 is 0. The molecule has 1 heterocycles. The van der Waals surface area contributed by atoms with Crippen LogP contribution >= 0.6 is 0 Å². The van der Waals surface area contributed by atoms with Gasteiger partial charge >= 0.3 is 6.03 Å². The van der Waals surface area contributed by atoms with E-state index < -0.39 is 5.60 Å². The van der Waals surface area contributed by atoms with Crippen molar-refractivity contribution in [3.8, 4) is 0 Å². The van der Waals surface area contributed by atoms with Crippen molar-refractivity contribution in [3.63, 3.8) is 0 Å². The third-order valence-electron chi connectivity index (χ3n) is 4.31. The maximum atomic E-state index is 11.9. The predicted molar refractivity (Wildman–Crippen MR) is 84.6 cm³/mol. The fourth-order valence-corrected chi connectivity index (χ4v) is 2.90. The molecule has 2 rings (SSSR count). The molecule has 1 atom stereocenters. The molecule has 1 unspecified atom stereocenters. The molecule has 1 saturated carbocycles. The third-order valence-corrected chi connectivity index (χ3v) is 4.31. The quantitative estimate of drug-likeness (QED) is 0.750. The number of hydrogen-bond acceptors (Lipinski definition) is 4. The van der Waals surface area contributed by atoms with Gasteiger partial charge in [-0.3, -0.25) is 4.90 Å². The van der Waals surface area contributed by atoms with Gasteiger partial charge in [0.05, 0.1) is 17.9 Å². The van der Waals surface area contributed by atoms with Gasteiger partial charge in [0.25, 0.3) is 0 Å². The molecule has 1 aliphatic rings. The fourth-order valence-electron chi connectivity index (χ4n) is 2.90. The number of nitrogens with zero attached hydrogens (tertiary/aromatic N) is 1. The van der Waals surface area contributed by atoms with E-state index >= 15 is 0 Å². The molecule has 0 aromatic carbocycles. The van der Waals surface area contributed by atoms with E-state index in [0.717, 1.165) is 31.4 Å². The minimum absolute atomic E-state index is 0.0153. The predicted octanol–water partition coefficient (Wildman–Crippen LogP) is 1.88. The van der Waals surface area contributed by atoms with Crippen LogP contribution in [0.5, 0.6) is 0 Å². The number of urea groups is 1. The Kier molecular flexibility index (Phi) is 5.85. The Balaban J connectivity index is 1.76. The average molecular weight is 309 g/mol. The van der Waals surface area contributed by atoms with Crippen molar-refractivity contribution in [1.82, 2.24) is 15.5 Å². The molecule has 6 heteroatoms. The lowest BCUT2D eigenvalue weighted by molar-refractivity contribution is 0.00716. The molecule has 2 amide bonds. The monoisotopic (exact) mass is 309 g/mol. The first-order valence-electron chi connectivity index (χ1n) is 7.94. The summed E-state index contributed by atoms with van der Waals surface area (Å²) in [4.78, 5) is 13.9. The molecule has 0 saturated heterocycles. The van der Waals surface area contributed by atoms with E-state index in [1.807, 2.05) is 31.1 Å². The van der Waals surface area contributed by atoms with E-state index in [1.54, 1.807) is 6.26 Å². The molecule has 0 aliphatic heterocycles.